The minimum Gasteiger partial charge on any atom is -0.504 e. The van der Waals surface area contributed by atoms with Gasteiger partial charge in [0.05, 0.1) is 7.11 Å². The van der Waals surface area contributed by atoms with E-state index in [0.29, 0.717) is 0 Å². The first-order chi connectivity index (χ1) is 6.51. The molecular weight excluding hydrogens is 194 g/mol. The average molecular weight is 204 g/mol. The zero-order valence-electron chi connectivity index (χ0n) is 7.50. The van der Waals surface area contributed by atoms with Gasteiger partial charge in [0, 0.05) is 5.56 Å². The highest BCUT2D eigenvalue weighted by Gasteiger charge is 2.31. The molecule has 0 aliphatic rings. The van der Waals surface area contributed by atoms with E-state index in [4.69, 9.17) is 5.11 Å². The molecule has 1 aromatic carbocycles. The highest BCUT2D eigenvalue weighted by atomic mass is 19.3. The molecule has 0 aliphatic heterocycles. The Hall–Kier alpha value is -1.36. The van der Waals surface area contributed by atoms with Gasteiger partial charge in [-0.2, -0.15) is 8.78 Å². The largest absolute Gasteiger partial charge is 0.504 e. The van der Waals surface area contributed by atoms with Crippen LogP contribution in [0.5, 0.6) is 11.5 Å². The number of phenols is 1. The third-order valence-electron chi connectivity index (χ3n) is 1.80. The highest BCUT2D eigenvalue weighted by Crippen LogP contribution is 2.34. The monoisotopic (exact) mass is 204 g/mol. The Balaban J connectivity index is 3.08. The molecule has 1 aromatic rings. The van der Waals surface area contributed by atoms with Crippen LogP contribution in [0.2, 0.25) is 0 Å². The van der Waals surface area contributed by atoms with Crippen LogP contribution in [0, 0.1) is 0 Å². The van der Waals surface area contributed by atoms with Crippen LogP contribution in [0.4, 0.5) is 8.78 Å². The molecule has 0 fully saturated rings. The Labute approximate surface area is 79.6 Å². The number of halogens is 2. The van der Waals surface area contributed by atoms with Gasteiger partial charge in [0.2, 0.25) is 0 Å². The van der Waals surface area contributed by atoms with Crippen LogP contribution in [0.1, 0.15) is 5.56 Å². The van der Waals surface area contributed by atoms with Crippen molar-refractivity contribution in [1.82, 2.24) is 0 Å². The van der Waals surface area contributed by atoms with E-state index >= 15 is 0 Å². The number of methoxy groups -OCH3 is 1. The number of benzene rings is 1. The number of hydrogen-bond acceptors (Lipinski definition) is 3. The average Bonchev–Trinajstić information content (AvgIpc) is 2.17. The van der Waals surface area contributed by atoms with E-state index in [0.717, 1.165) is 12.1 Å². The van der Waals surface area contributed by atoms with E-state index in [1.54, 1.807) is 0 Å². The maximum atomic E-state index is 12.9. The fourth-order valence-electron chi connectivity index (χ4n) is 1.01. The van der Waals surface area contributed by atoms with E-state index < -0.39 is 18.1 Å². The van der Waals surface area contributed by atoms with Crippen molar-refractivity contribution in [2.24, 2.45) is 0 Å². The molecule has 5 heteroatoms. The molecule has 0 amide bonds. The van der Waals surface area contributed by atoms with Gasteiger partial charge in [-0.05, 0) is 18.2 Å². The first-order valence-corrected chi connectivity index (χ1v) is 3.87. The first kappa shape index (κ1) is 10.7. The molecule has 0 saturated carbocycles. The molecule has 0 aromatic heterocycles. The Bertz CT molecular complexity index is 326. The lowest BCUT2D eigenvalue weighted by Gasteiger charge is -2.14. The molecule has 0 heterocycles. The molecule has 0 aliphatic carbocycles. The molecule has 3 nitrogen and oxygen atoms in total. The van der Waals surface area contributed by atoms with E-state index in [-0.39, 0.29) is 11.5 Å². The number of ether oxygens (including phenoxy) is 1. The third kappa shape index (κ3) is 1.93. The van der Waals surface area contributed by atoms with Gasteiger partial charge in [0.15, 0.2) is 11.5 Å². The molecule has 1 rings (SSSR count). The van der Waals surface area contributed by atoms with Crippen LogP contribution < -0.4 is 4.74 Å². The lowest BCUT2D eigenvalue weighted by molar-refractivity contribution is -0.0557. The lowest BCUT2D eigenvalue weighted by atomic mass is 10.1. The summed E-state index contributed by atoms with van der Waals surface area (Å²) in [4.78, 5) is 0. The molecule has 0 radical (unpaired) electrons. The number of phenolic OH excluding ortho intramolecular Hbond substituents is 1. The summed E-state index contributed by atoms with van der Waals surface area (Å²) in [5, 5.41) is 17.6. The molecule has 0 spiro atoms. The molecular formula is C9H10F2O3. The molecule has 0 bridgehead atoms. The van der Waals surface area contributed by atoms with Crippen LogP contribution in [0.15, 0.2) is 18.2 Å². The van der Waals surface area contributed by atoms with Crippen molar-refractivity contribution < 1.29 is 23.7 Å². The Morgan fingerprint density at radius 3 is 2.50 bits per heavy atom. The number of aliphatic hydroxyl groups is 1. The van der Waals surface area contributed by atoms with Gasteiger partial charge in [-0.3, -0.25) is 0 Å². The zero-order valence-corrected chi connectivity index (χ0v) is 7.50. The van der Waals surface area contributed by atoms with Gasteiger partial charge < -0.3 is 14.9 Å². The predicted molar refractivity (Wildman–Crippen MR) is 45.6 cm³/mol. The summed E-state index contributed by atoms with van der Waals surface area (Å²) in [6, 6.07) is 3.18. The van der Waals surface area contributed by atoms with Gasteiger partial charge in [-0.25, -0.2) is 0 Å². The summed E-state index contributed by atoms with van der Waals surface area (Å²) in [5.74, 6) is -3.61. The number of hydrogen-bond donors (Lipinski definition) is 2. The summed E-state index contributed by atoms with van der Waals surface area (Å²) < 4.78 is 30.5. The highest BCUT2D eigenvalue weighted by molar-refractivity contribution is 5.42. The Kier molecular flexibility index (Phi) is 2.90. The van der Waals surface area contributed by atoms with E-state index in [9.17, 15) is 13.9 Å². The van der Waals surface area contributed by atoms with Crippen molar-refractivity contribution in [2.75, 3.05) is 13.7 Å². The topological polar surface area (TPSA) is 49.7 Å². The van der Waals surface area contributed by atoms with Crippen LogP contribution in [-0.2, 0) is 5.92 Å². The van der Waals surface area contributed by atoms with Gasteiger partial charge in [0.1, 0.15) is 6.61 Å². The SMILES string of the molecule is COc1ccc(C(F)(F)CO)cc1O. The molecule has 78 valence electrons. The van der Waals surface area contributed by atoms with Gasteiger partial charge >= 0.3 is 0 Å². The van der Waals surface area contributed by atoms with Crippen molar-refractivity contribution in [3.63, 3.8) is 0 Å². The summed E-state index contributed by atoms with van der Waals surface area (Å²) in [6.07, 6.45) is 0. The zero-order chi connectivity index (χ0) is 10.8. The predicted octanol–water partition coefficient (Wildman–Crippen LogP) is 1.48. The number of rotatable bonds is 3. The molecule has 14 heavy (non-hydrogen) atoms. The Morgan fingerprint density at radius 2 is 2.07 bits per heavy atom. The summed E-state index contributed by atoms with van der Waals surface area (Å²) in [5.41, 5.74) is -0.446. The van der Waals surface area contributed by atoms with Gasteiger partial charge in [0.25, 0.3) is 5.92 Å². The second-order valence-corrected chi connectivity index (χ2v) is 2.75. The summed E-state index contributed by atoms with van der Waals surface area (Å²) >= 11 is 0. The number of alkyl halides is 2. The second kappa shape index (κ2) is 3.79. The van der Waals surface area contributed by atoms with Crippen molar-refractivity contribution in [2.45, 2.75) is 5.92 Å². The third-order valence-corrected chi connectivity index (χ3v) is 1.80. The quantitative estimate of drug-likeness (QED) is 0.784. The minimum atomic E-state index is -3.34. The number of aromatic hydroxyl groups is 1. The smallest absolute Gasteiger partial charge is 0.295 e. The van der Waals surface area contributed by atoms with Crippen molar-refractivity contribution >= 4 is 0 Å². The van der Waals surface area contributed by atoms with E-state index in [1.807, 2.05) is 0 Å². The van der Waals surface area contributed by atoms with Gasteiger partial charge in [-0.15, -0.1) is 0 Å². The maximum Gasteiger partial charge on any atom is 0.295 e. The fraction of sp³-hybridized carbons (Fsp3) is 0.333. The van der Waals surface area contributed by atoms with Crippen LogP contribution in [0.3, 0.4) is 0 Å². The number of aliphatic hydroxyl groups excluding tert-OH is 1. The fourth-order valence-corrected chi connectivity index (χ4v) is 1.01. The van der Waals surface area contributed by atoms with Crippen LogP contribution >= 0.6 is 0 Å². The second-order valence-electron chi connectivity index (χ2n) is 2.75. The first-order valence-electron chi connectivity index (χ1n) is 3.87. The molecule has 2 N–H and O–H groups in total. The van der Waals surface area contributed by atoms with Gasteiger partial charge in [-0.1, -0.05) is 0 Å². The summed E-state index contributed by atoms with van der Waals surface area (Å²) in [6.45, 7) is -1.29. The Morgan fingerprint density at radius 1 is 1.43 bits per heavy atom. The lowest BCUT2D eigenvalue weighted by Crippen LogP contribution is -2.18. The van der Waals surface area contributed by atoms with E-state index in [1.165, 1.54) is 13.2 Å². The van der Waals surface area contributed by atoms with Crippen molar-refractivity contribution in [3.05, 3.63) is 23.8 Å². The van der Waals surface area contributed by atoms with Crippen molar-refractivity contribution in [1.29, 1.82) is 0 Å². The summed E-state index contributed by atoms with van der Waals surface area (Å²) in [7, 11) is 1.32. The molecule has 0 atom stereocenters. The standard InChI is InChI=1S/C9H10F2O3/c1-14-8-3-2-6(4-7(8)13)9(10,11)5-12/h2-4,12-13H,5H2,1H3. The van der Waals surface area contributed by atoms with Crippen LogP contribution in [0.25, 0.3) is 0 Å². The minimum absolute atomic E-state index is 0.113. The van der Waals surface area contributed by atoms with E-state index in [2.05, 4.69) is 4.74 Å². The maximum absolute atomic E-state index is 12.9. The van der Waals surface area contributed by atoms with Crippen LogP contribution in [-0.4, -0.2) is 23.9 Å². The molecule has 0 unspecified atom stereocenters. The van der Waals surface area contributed by atoms with Crippen molar-refractivity contribution in [3.8, 4) is 11.5 Å². The normalized spacial score (nSPS) is 11.4. The molecule has 0 saturated heterocycles.